The number of nitrogens with two attached hydrogens (primary N) is 6. The third-order valence-electron chi connectivity index (χ3n) is 8.53. The molecule has 4 aliphatic rings. The van der Waals surface area contributed by atoms with Crippen LogP contribution in [0.25, 0.3) is 0 Å². The molecule has 0 radical (unpaired) electrons. The predicted molar refractivity (Wildman–Crippen MR) is 140 cm³/mol. The molecule has 43 heavy (non-hydrogen) atoms. The molecule has 4 rings (SSSR count). The number of hydrogen-bond donors (Lipinski definition) is 14. The number of aliphatic hydroxyl groups excluding tert-OH is 8. The lowest BCUT2D eigenvalue weighted by molar-refractivity contribution is -0.312. The van der Waals surface area contributed by atoms with Crippen LogP contribution in [0.4, 0.5) is 0 Å². The summed E-state index contributed by atoms with van der Waals surface area (Å²) in [6.07, 6.45) is -22.8. The summed E-state index contributed by atoms with van der Waals surface area (Å²) in [5, 5.41) is 83.6. The molecule has 3 aliphatic heterocycles. The van der Waals surface area contributed by atoms with Gasteiger partial charge in [0.05, 0.1) is 36.9 Å². The molecule has 20 heteroatoms. The molecule has 252 valence electrons. The first-order chi connectivity index (χ1) is 20.3. The van der Waals surface area contributed by atoms with Gasteiger partial charge in [0.1, 0.15) is 73.2 Å². The van der Waals surface area contributed by atoms with E-state index in [1.807, 2.05) is 0 Å². The normalized spacial score (nSPS) is 54.6. The molecule has 3 heterocycles. The van der Waals surface area contributed by atoms with Gasteiger partial charge >= 0.3 is 0 Å². The van der Waals surface area contributed by atoms with Crippen molar-refractivity contribution >= 4 is 0 Å². The molecule has 4 fully saturated rings. The van der Waals surface area contributed by atoms with Crippen LogP contribution in [0.2, 0.25) is 0 Å². The van der Waals surface area contributed by atoms with Gasteiger partial charge in [-0.15, -0.1) is 0 Å². The molecule has 1 saturated carbocycles. The highest BCUT2D eigenvalue weighted by Crippen LogP contribution is 2.34. The highest BCUT2D eigenvalue weighted by molar-refractivity contribution is 5.06. The average Bonchev–Trinajstić information content (AvgIpc) is 3.29. The summed E-state index contributed by atoms with van der Waals surface area (Å²) in [7, 11) is 0. The Morgan fingerprint density at radius 3 is 1.35 bits per heavy atom. The van der Waals surface area contributed by atoms with Gasteiger partial charge in [0.25, 0.3) is 0 Å². The maximum Gasteiger partial charge on any atom is 0.187 e. The zero-order chi connectivity index (χ0) is 31.9. The molecule has 20 nitrogen and oxygen atoms in total. The highest BCUT2D eigenvalue weighted by Gasteiger charge is 2.56. The Bertz CT molecular complexity index is 899. The second-order valence-electron chi connectivity index (χ2n) is 11.3. The van der Waals surface area contributed by atoms with E-state index in [-0.39, 0.29) is 13.1 Å². The van der Waals surface area contributed by atoms with Crippen molar-refractivity contribution in [2.24, 2.45) is 34.4 Å². The lowest BCUT2D eigenvalue weighted by Crippen LogP contribution is -2.72. The van der Waals surface area contributed by atoms with Crippen molar-refractivity contribution in [1.29, 1.82) is 0 Å². The van der Waals surface area contributed by atoms with Crippen LogP contribution in [-0.2, 0) is 28.4 Å². The quantitative estimate of drug-likeness (QED) is 0.112. The third kappa shape index (κ3) is 6.70. The Kier molecular flexibility index (Phi) is 11.7. The smallest absolute Gasteiger partial charge is 0.187 e. The van der Waals surface area contributed by atoms with Gasteiger partial charge in [-0.3, -0.25) is 0 Å². The summed E-state index contributed by atoms with van der Waals surface area (Å²) in [6.45, 7) is -1.08. The van der Waals surface area contributed by atoms with Crippen LogP contribution in [0.5, 0.6) is 0 Å². The maximum atomic E-state index is 11.1. The van der Waals surface area contributed by atoms with Crippen LogP contribution in [0, 0.1) is 0 Å². The predicted octanol–water partition coefficient (Wildman–Crippen LogP) is -9.92. The zero-order valence-electron chi connectivity index (χ0n) is 23.2. The minimum Gasteiger partial charge on any atom is -0.394 e. The topological polar surface area (TPSA) is 373 Å². The van der Waals surface area contributed by atoms with E-state index in [0.29, 0.717) is 0 Å². The van der Waals surface area contributed by atoms with Crippen molar-refractivity contribution in [2.45, 2.75) is 122 Å². The van der Waals surface area contributed by atoms with Gasteiger partial charge in [0, 0.05) is 13.1 Å². The van der Waals surface area contributed by atoms with Gasteiger partial charge in [-0.1, -0.05) is 0 Å². The van der Waals surface area contributed by atoms with E-state index in [1.165, 1.54) is 0 Å². The van der Waals surface area contributed by atoms with Gasteiger partial charge in [-0.25, -0.2) is 0 Å². The zero-order valence-corrected chi connectivity index (χ0v) is 23.2. The Morgan fingerprint density at radius 1 is 0.442 bits per heavy atom. The first kappa shape index (κ1) is 35.1. The second kappa shape index (κ2) is 14.3. The van der Waals surface area contributed by atoms with E-state index >= 15 is 0 Å². The van der Waals surface area contributed by atoms with Crippen molar-refractivity contribution in [1.82, 2.24) is 0 Å². The van der Waals surface area contributed by atoms with Crippen LogP contribution in [-0.4, -0.2) is 183 Å². The van der Waals surface area contributed by atoms with Crippen molar-refractivity contribution in [3.8, 4) is 0 Å². The molecule has 20 N–H and O–H groups in total. The second-order valence-corrected chi connectivity index (χ2v) is 11.3. The van der Waals surface area contributed by atoms with E-state index in [0.717, 1.165) is 0 Å². The summed E-state index contributed by atoms with van der Waals surface area (Å²) in [5.74, 6) is 0. The van der Waals surface area contributed by atoms with E-state index in [2.05, 4.69) is 0 Å². The Hall–Kier alpha value is -0.800. The average molecular weight is 631 g/mol. The van der Waals surface area contributed by atoms with Crippen LogP contribution in [0.3, 0.4) is 0 Å². The fourth-order valence-corrected chi connectivity index (χ4v) is 5.75. The van der Waals surface area contributed by atoms with Crippen molar-refractivity contribution < 1.29 is 69.3 Å². The molecule has 0 amide bonds. The van der Waals surface area contributed by atoms with Crippen LogP contribution in [0.1, 0.15) is 0 Å². The number of rotatable bonds is 9. The molecule has 0 aromatic heterocycles. The largest absolute Gasteiger partial charge is 0.394 e. The third-order valence-corrected chi connectivity index (χ3v) is 8.53. The lowest BCUT2D eigenvalue weighted by atomic mass is 9.82. The summed E-state index contributed by atoms with van der Waals surface area (Å²) < 4.78 is 34.4. The van der Waals surface area contributed by atoms with Crippen LogP contribution < -0.4 is 34.4 Å². The molecule has 0 unspecified atom stereocenters. The Morgan fingerprint density at radius 2 is 0.884 bits per heavy atom. The first-order valence-corrected chi connectivity index (χ1v) is 14.0. The maximum absolute atomic E-state index is 11.1. The van der Waals surface area contributed by atoms with Crippen molar-refractivity contribution in [2.75, 3.05) is 19.7 Å². The van der Waals surface area contributed by atoms with Crippen molar-refractivity contribution in [3.63, 3.8) is 0 Å². The molecule has 1 aliphatic carbocycles. The molecule has 0 spiro atoms. The van der Waals surface area contributed by atoms with Crippen LogP contribution >= 0.6 is 0 Å². The molecule has 20 atom stereocenters. The monoisotopic (exact) mass is 630 g/mol. The van der Waals surface area contributed by atoms with E-state index in [9.17, 15) is 40.9 Å². The molecule has 0 aromatic carbocycles. The van der Waals surface area contributed by atoms with Crippen molar-refractivity contribution in [3.05, 3.63) is 0 Å². The van der Waals surface area contributed by atoms with E-state index in [1.54, 1.807) is 0 Å². The molecular weight excluding hydrogens is 584 g/mol. The minimum absolute atomic E-state index is 0.187. The highest BCUT2D eigenvalue weighted by atomic mass is 16.8. The van der Waals surface area contributed by atoms with Gasteiger partial charge < -0.3 is 104 Å². The number of ether oxygens (including phenoxy) is 6. The molecular formula is C23H46N6O14. The summed E-state index contributed by atoms with van der Waals surface area (Å²) in [5.41, 5.74) is 35.4. The standard InChI is InChI=1S/C23H46N6O14/c24-1-4-11(31)14(34)9(28)21(38-4)41-18-6(3-30)40-23(17(18)37)43-20-16(36)7(26)13(33)8(27)19(20)42-22-10(29)15(35)12(32)5(2-25)39-22/h4-23,30-37H,1-3,24-29H2/t4-,5-,6-,7-,8+,9-,10-,11-,12-,13+,14-,15-,16+,17-,18-,19-,20-,21-,22-,23+/m1/s1. The molecule has 0 aromatic rings. The van der Waals surface area contributed by atoms with Gasteiger partial charge in [-0.05, 0) is 0 Å². The van der Waals surface area contributed by atoms with Gasteiger partial charge in [0.15, 0.2) is 18.9 Å². The SMILES string of the molecule is NC[C@H]1O[C@H](O[C@@H]2[C@@H](N)[C@@H](O)[C@@H](N)[C@H](O)[C@H]2O[C@@H]2O[C@H](CO)[C@@H](O[C@H]3O[C@H](CN)[C@@H](O)[C@H](O)[C@H]3N)[C@H]2O)[C@H](N)[C@@H](O)[C@@H]1O. The van der Waals surface area contributed by atoms with Gasteiger partial charge in [-0.2, -0.15) is 0 Å². The summed E-state index contributed by atoms with van der Waals surface area (Å²) >= 11 is 0. The minimum atomic E-state index is -1.67. The number of aliphatic hydroxyl groups is 8. The summed E-state index contributed by atoms with van der Waals surface area (Å²) in [4.78, 5) is 0. The Labute approximate surface area is 246 Å². The van der Waals surface area contributed by atoms with Crippen LogP contribution in [0.15, 0.2) is 0 Å². The van der Waals surface area contributed by atoms with E-state index < -0.39 is 129 Å². The first-order valence-electron chi connectivity index (χ1n) is 14.0. The Balaban J connectivity index is 1.52. The fourth-order valence-electron chi connectivity index (χ4n) is 5.75. The lowest BCUT2D eigenvalue weighted by Gasteiger charge is -2.48. The van der Waals surface area contributed by atoms with Gasteiger partial charge in [0.2, 0.25) is 0 Å². The molecule has 3 saturated heterocycles. The molecule has 0 bridgehead atoms. The number of hydrogen-bond acceptors (Lipinski definition) is 20. The van der Waals surface area contributed by atoms with E-state index in [4.69, 9.17) is 62.8 Å². The fraction of sp³-hybridized carbons (Fsp3) is 1.00. The summed E-state index contributed by atoms with van der Waals surface area (Å²) in [6, 6.07) is -5.26.